The van der Waals surface area contributed by atoms with Crippen LogP contribution in [0.5, 0.6) is 0 Å². The normalized spacial score (nSPS) is 19.7. The van der Waals surface area contributed by atoms with Crippen LogP contribution in [0.4, 0.5) is 5.82 Å². The molecule has 3 aliphatic heterocycles. The van der Waals surface area contributed by atoms with E-state index in [1.165, 1.54) is 0 Å². The topological polar surface area (TPSA) is 83.0 Å². The van der Waals surface area contributed by atoms with Gasteiger partial charge in [-0.2, -0.15) is 0 Å². The highest BCUT2D eigenvalue weighted by atomic mass is 16.2. The van der Waals surface area contributed by atoms with Crippen molar-refractivity contribution >= 4 is 17.4 Å². The van der Waals surface area contributed by atoms with Gasteiger partial charge in [0.2, 0.25) is 0 Å². The summed E-state index contributed by atoms with van der Waals surface area (Å²) in [5.74, 6) is 0.646. The minimum absolute atomic E-state index is 0.189. The van der Waals surface area contributed by atoms with E-state index in [-0.39, 0.29) is 5.91 Å². The zero-order chi connectivity index (χ0) is 20.7. The Morgan fingerprint density at radius 2 is 2.23 bits per heavy atom. The number of amides is 1. The van der Waals surface area contributed by atoms with Crippen LogP contribution < -0.4 is 10.6 Å². The summed E-state index contributed by atoms with van der Waals surface area (Å²) in [6.07, 6.45) is 11.1. The number of nitrogens with zero attached hydrogens (tertiary/aromatic N) is 4. The van der Waals surface area contributed by atoms with Gasteiger partial charge in [-0.05, 0) is 44.1 Å². The summed E-state index contributed by atoms with van der Waals surface area (Å²) in [5.41, 5.74) is 6.48. The number of carbonyl (C=O) groups excluding carboxylic acids is 1. The molecular formula is C23H24N6O. The first kappa shape index (κ1) is 18.5. The smallest absolute Gasteiger partial charge is 0.273 e. The van der Waals surface area contributed by atoms with Crippen molar-refractivity contribution in [3.8, 4) is 0 Å². The first-order valence-electron chi connectivity index (χ1n) is 10.4. The van der Waals surface area contributed by atoms with Crippen LogP contribution in [-0.2, 0) is 11.2 Å². The molecule has 2 bridgehead atoms. The summed E-state index contributed by atoms with van der Waals surface area (Å²) in [5, 5.41) is 6.39. The fourth-order valence-corrected chi connectivity index (χ4v) is 4.40. The van der Waals surface area contributed by atoms with Crippen LogP contribution in [0.15, 0.2) is 59.8 Å². The SMILES string of the molecule is CCc1cncc(NC(=O)C2=C3C(=CC=C(c4ccnc(C)c4)N2)N2CC[C@@H]3C2)n1. The Kier molecular flexibility index (Phi) is 4.58. The highest BCUT2D eigenvalue weighted by molar-refractivity contribution is 6.05. The number of anilines is 1. The third-order valence-electron chi connectivity index (χ3n) is 5.87. The molecule has 0 spiro atoms. The molecule has 2 aromatic heterocycles. The van der Waals surface area contributed by atoms with E-state index in [4.69, 9.17) is 0 Å². The van der Waals surface area contributed by atoms with Gasteiger partial charge in [-0.3, -0.25) is 14.8 Å². The molecule has 1 amide bonds. The van der Waals surface area contributed by atoms with Gasteiger partial charge in [0.15, 0.2) is 5.82 Å². The second kappa shape index (κ2) is 7.40. The van der Waals surface area contributed by atoms with E-state index in [0.717, 1.165) is 59.8 Å². The molecule has 152 valence electrons. The molecule has 2 N–H and O–H groups in total. The molecule has 30 heavy (non-hydrogen) atoms. The highest BCUT2D eigenvalue weighted by Gasteiger charge is 2.41. The van der Waals surface area contributed by atoms with Gasteiger partial charge in [-0.25, -0.2) is 4.98 Å². The molecule has 0 radical (unpaired) electrons. The third-order valence-corrected chi connectivity index (χ3v) is 5.87. The predicted molar refractivity (Wildman–Crippen MR) is 115 cm³/mol. The Bertz CT molecular complexity index is 1120. The predicted octanol–water partition coefficient (Wildman–Crippen LogP) is 2.80. The fourth-order valence-electron chi connectivity index (χ4n) is 4.40. The molecule has 7 heteroatoms. The summed E-state index contributed by atoms with van der Waals surface area (Å²) in [6.45, 7) is 5.99. The number of fused-ring (bicyclic) bond motifs is 5. The number of aromatic nitrogens is 3. The summed E-state index contributed by atoms with van der Waals surface area (Å²) >= 11 is 0. The Morgan fingerprint density at radius 1 is 1.33 bits per heavy atom. The van der Waals surface area contributed by atoms with Gasteiger partial charge in [-0.15, -0.1) is 0 Å². The van der Waals surface area contributed by atoms with Crippen LogP contribution in [-0.4, -0.2) is 38.8 Å². The van der Waals surface area contributed by atoms with Gasteiger partial charge in [-0.1, -0.05) is 6.92 Å². The monoisotopic (exact) mass is 400 g/mol. The average molecular weight is 400 g/mol. The molecule has 2 fully saturated rings. The van der Waals surface area contributed by atoms with Gasteiger partial charge < -0.3 is 15.5 Å². The third kappa shape index (κ3) is 3.26. The lowest BCUT2D eigenvalue weighted by Gasteiger charge is -2.23. The average Bonchev–Trinajstić information content (AvgIpc) is 3.29. The van der Waals surface area contributed by atoms with Gasteiger partial charge in [0, 0.05) is 59.6 Å². The lowest BCUT2D eigenvalue weighted by atomic mass is 9.94. The van der Waals surface area contributed by atoms with Crippen molar-refractivity contribution in [2.45, 2.75) is 26.7 Å². The maximum Gasteiger partial charge on any atom is 0.273 e. The number of carbonyl (C=O) groups is 1. The number of rotatable bonds is 4. The fraction of sp³-hybridized carbons (Fsp3) is 0.304. The molecule has 2 aromatic rings. The Hall–Kier alpha value is -3.48. The van der Waals surface area contributed by atoms with Crippen molar-refractivity contribution in [1.82, 2.24) is 25.2 Å². The van der Waals surface area contributed by atoms with Gasteiger partial charge in [0.05, 0.1) is 11.9 Å². The number of nitrogens with one attached hydrogen (secondary N) is 2. The molecule has 0 aromatic carbocycles. The van der Waals surface area contributed by atoms with E-state index in [9.17, 15) is 4.79 Å². The molecule has 7 nitrogen and oxygen atoms in total. The van der Waals surface area contributed by atoms with Gasteiger partial charge in [0.25, 0.3) is 5.91 Å². The summed E-state index contributed by atoms with van der Waals surface area (Å²) in [4.78, 5) is 28.7. The zero-order valence-corrected chi connectivity index (χ0v) is 17.1. The van der Waals surface area contributed by atoms with Crippen LogP contribution in [0.3, 0.4) is 0 Å². The van der Waals surface area contributed by atoms with Crippen molar-refractivity contribution in [2.75, 3.05) is 18.4 Å². The standard InChI is InChI=1S/C23H24N6O/c1-3-17-11-24-12-20(26-17)28-23(30)22-21-16-7-9-29(13-16)19(21)5-4-18(27-22)15-6-8-25-14(2)10-15/h4-6,8,10-12,16,27H,3,7,9,13H2,1-2H3,(H,26,28,30)/t16-/m1/s1. The first-order chi connectivity index (χ1) is 14.6. The number of piperidine rings is 1. The lowest BCUT2D eigenvalue weighted by Crippen LogP contribution is -2.29. The molecular weight excluding hydrogens is 376 g/mol. The molecule has 5 heterocycles. The minimum atomic E-state index is -0.189. The van der Waals surface area contributed by atoms with Crippen molar-refractivity contribution in [2.24, 2.45) is 5.92 Å². The highest BCUT2D eigenvalue weighted by Crippen LogP contribution is 2.43. The molecule has 3 aliphatic rings. The second-order valence-electron chi connectivity index (χ2n) is 7.87. The molecule has 0 unspecified atom stereocenters. The van der Waals surface area contributed by atoms with E-state index < -0.39 is 0 Å². The van der Waals surface area contributed by atoms with Crippen molar-refractivity contribution in [3.05, 3.63) is 76.8 Å². The number of hydrogen-bond donors (Lipinski definition) is 2. The molecule has 1 atom stereocenters. The summed E-state index contributed by atoms with van der Waals surface area (Å²) in [7, 11) is 0. The van der Waals surface area contributed by atoms with Crippen LogP contribution in [0.2, 0.25) is 0 Å². The van der Waals surface area contributed by atoms with Crippen LogP contribution >= 0.6 is 0 Å². The molecule has 0 aliphatic carbocycles. The van der Waals surface area contributed by atoms with Crippen LogP contribution in [0.25, 0.3) is 5.70 Å². The number of hydrogen-bond acceptors (Lipinski definition) is 6. The zero-order valence-electron chi connectivity index (χ0n) is 17.1. The Balaban J connectivity index is 1.53. The lowest BCUT2D eigenvalue weighted by molar-refractivity contribution is -0.113. The van der Waals surface area contributed by atoms with E-state index in [2.05, 4.69) is 42.6 Å². The number of aryl methyl sites for hydroxylation is 2. The first-order valence-corrected chi connectivity index (χ1v) is 10.4. The minimum Gasteiger partial charge on any atom is -0.371 e. The number of allylic oxidation sites excluding steroid dienone is 3. The molecule has 5 rings (SSSR count). The van der Waals surface area contributed by atoms with E-state index >= 15 is 0 Å². The van der Waals surface area contributed by atoms with Crippen molar-refractivity contribution < 1.29 is 4.79 Å². The van der Waals surface area contributed by atoms with Crippen molar-refractivity contribution in [1.29, 1.82) is 0 Å². The summed E-state index contributed by atoms with van der Waals surface area (Å²) < 4.78 is 0. The van der Waals surface area contributed by atoms with Crippen LogP contribution in [0, 0.1) is 12.8 Å². The Morgan fingerprint density at radius 3 is 3.07 bits per heavy atom. The van der Waals surface area contributed by atoms with Gasteiger partial charge >= 0.3 is 0 Å². The largest absolute Gasteiger partial charge is 0.371 e. The summed E-state index contributed by atoms with van der Waals surface area (Å²) in [6, 6.07) is 3.97. The van der Waals surface area contributed by atoms with Crippen LogP contribution in [0.1, 0.15) is 30.3 Å². The van der Waals surface area contributed by atoms with E-state index in [1.54, 1.807) is 18.6 Å². The second-order valence-corrected chi connectivity index (χ2v) is 7.87. The Labute approximate surface area is 175 Å². The quantitative estimate of drug-likeness (QED) is 0.821. The maximum atomic E-state index is 13.4. The number of pyridine rings is 1. The van der Waals surface area contributed by atoms with E-state index in [0.29, 0.717) is 17.4 Å². The van der Waals surface area contributed by atoms with E-state index in [1.807, 2.05) is 26.0 Å². The molecule has 2 saturated heterocycles. The molecule has 0 saturated carbocycles. The van der Waals surface area contributed by atoms with Crippen molar-refractivity contribution in [3.63, 3.8) is 0 Å². The maximum absolute atomic E-state index is 13.4. The van der Waals surface area contributed by atoms with Gasteiger partial charge in [0.1, 0.15) is 5.70 Å².